The standard InChI is InChI=1S/C101H76F6N2O2/c1-9-63-27-41-73(42-28-63)110-75-45-31-65(32-46-75)100(95-89(102)21-15-22-90(95)103)81-19-13-11-17-77(81)79-49-37-67(53-85(79)100)108(71-35-25-61(3)93(106)57-71)69-39-51-83-87(55-69)99(59-97(83,5)6)60-98(7,8)84-52-40-70(56-88(84)99)109(72-36-26-62(4)94(107)58-72)68-38-50-80-78-18-12-14-20-82(78)101(86(80)54-68,96-91(104)23-16-24-92(96)105)66-33-47-76(48-34-66)111-74-43-29-64(10-2)30-44-74/h9-58H,1-2,59-60H2,3-8H3. The van der Waals surface area contributed by atoms with E-state index in [0.29, 0.717) is 103 Å². The Morgan fingerprint density at radius 1 is 0.297 bits per heavy atom. The third-order valence-corrected chi connectivity index (χ3v) is 23.9. The molecule has 0 fully saturated rings. The van der Waals surface area contributed by atoms with Gasteiger partial charge in [-0.2, -0.15) is 0 Å². The van der Waals surface area contributed by atoms with E-state index >= 15 is 26.3 Å². The molecule has 0 saturated carbocycles. The molecule has 544 valence electrons. The van der Waals surface area contributed by atoms with Crippen molar-refractivity contribution >= 4 is 46.3 Å². The third kappa shape index (κ3) is 11.0. The lowest BCUT2D eigenvalue weighted by Crippen LogP contribution is -2.31. The average Bonchev–Trinajstić information content (AvgIpc) is 1.54. The highest BCUT2D eigenvalue weighted by Crippen LogP contribution is 2.66. The van der Waals surface area contributed by atoms with Gasteiger partial charge in [-0.3, -0.25) is 0 Å². The molecule has 0 N–H and O–H groups in total. The van der Waals surface area contributed by atoms with Gasteiger partial charge in [-0.25, -0.2) is 26.3 Å². The first-order chi connectivity index (χ1) is 53.6. The number of hydrogen-bond acceptors (Lipinski definition) is 4. The number of hydrogen-bond donors (Lipinski definition) is 0. The van der Waals surface area contributed by atoms with Gasteiger partial charge in [0.15, 0.2) is 0 Å². The van der Waals surface area contributed by atoms with Gasteiger partial charge in [0, 0.05) is 50.7 Å². The number of aryl methyl sites for hydroxylation is 2. The Bertz CT molecular complexity index is 5730. The largest absolute Gasteiger partial charge is 0.457 e. The number of anilines is 6. The Morgan fingerprint density at radius 2 is 0.604 bits per heavy atom. The van der Waals surface area contributed by atoms with Crippen molar-refractivity contribution in [3.63, 3.8) is 0 Å². The second kappa shape index (κ2) is 26.3. The molecule has 4 aliphatic carbocycles. The van der Waals surface area contributed by atoms with Crippen LogP contribution in [-0.2, 0) is 27.1 Å². The van der Waals surface area contributed by atoms with Gasteiger partial charge < -0.3 is 19.3 Å². The lowest BCUT2D eigenvalue weighted by Gasteiger charge is -2.35. The molecule has 0 bridgehead atoms. The summed E-state index contributed by atoms with van der Waals surface area (Å²) in [6, 6.07) is 89.2. The zero-order valence-electron chi connectivity index (χ0n) is 62.2. The molecule has 0 aromatic heterocycles. The van der Waals surface area contributed by atoms with Crippen LogP contribution in [0.15, 0.2) is 304 Å². The van der Waals surface area contributed by atoms with Crippen molar-refractivity contribution in [2.45, 2.75) is 81.5 Å². The minimum Gasteiger partial charge on any atom is -0.457 e. The van der Waals surface area contributed by atoms with Crippen molar-refractivity contribution in [3.05, 3.63) is 428 Å². The van der Waals surface area contributed by atoms with E-state index in [2.05, 4.69) is 87.1 Å². The molecule has 14 aromatic carbocycles. The van der Waals surface area contributed by atoms with E-state index in [9.17, 15) is 0 Å². The Hall–Kier alpha value is -12.7. The highest BCUT2D eigenvalue weighted by molar-refractivity contribution is 5.92. The van der Waals surface area contributed by atoms with Gasteiger partial charge in [0.1, 0.15) is 57.9 Å². The van der Waals surface area contributed by atoms with Crippen molar-refractivity contribution in [2.75, 3.05) is 9.80 Å². The first kappa shape index (κ1) is 70.0. The monoisotopic (exact) mass is 1460 g/mol. The van der Waals surface area contributed by atoms with Crippen LogP contribution in [-0.4, -0.2) is 0 Å². The number of nitrogens with zero attached hydrogens (tertiary/aromatic N) is 2. The summed E-state index contributed by atoms with van der Waals surface area (Å²) >= 11 is 0. The van der Waals surface area contributed by atoms with Crippen LogP contribution in [0.3, 0.4) is 0 Å². The molecule has 18 rings (SSSR count). The predicted octanol–water partition coefficient (Wildman–Crippen LogP) is 27.3. The minimum absolute atomic E-state index is 0.141. The second-order valence-electron chi connectivity index (χ2n) is 31.2. The molecular weight excluding hydrogens is 1390 g/mol. The minimum atomic E-state index is -1.57. The van der Waals surface area contributed by atoms with Gasteiger partial charge in [-0.05, 0) is 283 Å². The molecule has 4 aliphatic rings. The van der Waals surface area contributed by atoms with Crippen LogP contribution in [0.1, 0.15) is 130 Å². The fourth-order valence-corrected chi connectivity index (χ4v) is 19.1. The second-order valence-corrected chi connectivity index (χ2v) is 31.2. The SMILES string of the molecule is C=Cc1ccc(Oc2ccc(C3(c4c(F)cccc4F)c4ccccc4-c4ccc(N(c5ccc(C)c(F)c5)c5ccc6c(c5)C5(CC6(C)C)CC(C)(C)c6ccc(N(c7ccc(C)c(F)c7)c7ccc8c(c7)C(c7ccc(Oc9ccc(C=C)cc9)cc7)(c7c(F)cccc7F)c7ccccc7-8)cc65)cc43)cc2)cc1. The number of rotatable bonds is 16. The lowest BCUT2D eigenvalue weighted by atomic mass is 9.67. The maximum Gasteiger partial charge on any atom is 0.130 e. The van der Waals surface area contributed by atoms with Crippen molar-refractivity contribution in [1.29, 1.82) is 0 Å². The number of benzene rings is 14. The van der Waals surface area contributed by atoms with Crippen molar-refractivity contribution in [3.8, 4) is 45.3 Å². The number of ether oxygens (including phenoxy) is 2. The molecule has 10 heteroatoms. The smallest absolute Gasteiger partial charge is 0.130 e. The Balaban J connectivity index is 0.805. The molecule has 1 spiro atoms. The maximum atomic E-state index is 17.5. The van der Waals surface area contributed by atoms with E-state index < -0.39 is 62.0 Å². The molecule has 0 heterocycles. The zero-order chi connectivity index (χ0) is 76.6. The zero-order valence-corrected chi connectivity index (χ0v) is 62.2. The Morgan fingerprint density at radius 3 is 0.955 bits per heavy atom. The molecular formula is C101H76F6N2O2. The normalized spacial score (nSPS) is 17.6. The summed E-state index contributed by atoms with van der Waals surface area (Å²) in [5.74, 6) is -1.45. The van der Waals surface area contributed by atoms with Gasteiger partial charge in [0.25, 0.3) is 0 Å². The molecule has 0 radical (unpaired) electrons. The molecule has 4 nitrogen and oxygen atoms in total. The number of fused-ring (bicyclic) bond motifs is 10. The molecule has 0 aliphatic heterocycles. The van der Waals surface area contributed by atoms with Crippen molar-refractivity contribution < 1.29 is 35.8 Å². The summed E-state index contributed by atoms with van der Waals surface area (Å²) in [6.45, 7) is 20.4. The van der Waals surface area contributed by atoms with Gasteiger partial charge in [-0.1, -0.05) is 199 Å². The van der Waals surface area contributed by atoms with Crippen molar-refractivity contribution in [2.24, 2.45) is 0 Å². The Kier molecular flexibility index (Phi) is 16.6. The Labute approximate surface area is 643 Å². The predicted molar refractivity (Wildman–Crippen MR) is 435 cm³/mol. The first-order valence-electron chi connectivity index (χ1n) is 37.5. The van der Waals surface area contributed by atoms with Crippen LogP contribution in [0.25, 0.3) is 34.4 Å². The fourth-order valence-electron chi connectivity index (χ4n) is 19.1. The summed E-state index contributed by atoms with van der Waals surface area (Å²) in [5.41, 5.74) is 13.1. The van der Waals surface area contributed by atoms with E-state index in [0.717, 1.165) is 67.0 Å². The highest BCUT2D eigenvalue weighted by atomic mass is 19.2. The van der Waals surface area contributed by atoms with Gasteiger partial charge in [0.2, 0.25) is 0 Å². The molecule has 0 amide bonds. The highest BCUT2D eigenvalue weighted by Gasteiger charge is 2.57. The van der Waals surface area contributed by atoms with Crippen LogP contribution < -0.4 is 19.3 Å². The van der Waals surface area contributed by atoms with E-state index in [4.69, 9.17) is 9.47 Å². The van der Waals surface area contributed by atoms with E-state index in [1.54, 1.807) is 50.3 Å². The van der Waals surface area contributed by atoms with E-state index in [-0.39, 0.29) is 11.1 Å². The molecule has 2 unspecified atom stereocenters. The molecule has 2 atom stereocenters. The summed E-state index contributed by atoms with van der Waals surface area (Å²) < 4.78 is 116. The van der Waals surface area contributed by atoms with E-state index in [1.165, 1.54) is 36.4 Å². The van der Waals surface area contributed by atoms with Crippen LogP contribution >= 0.6 is 0 Å². The molecule has 0 saturated heterocycles. The average molecular weight is 1460 g/mol. The van der Waals surface area contributed by atoms with Crippen LogP contribution in [0.5, 0.6) is 23.0 Å². The molecule has 14 aromatic rings. The van der Waals surface area contributed by atoms with E-state index in [1.807, 2.05) is 194 Å². The summed E-state index contributed by atoms with van der Waals surface area (Å²) in [7, 11) is 0. The lowest BCUT2D eigenvalue weighted by molar-refractivity contribution is 0.349. The molecule has 111 heavy (non-hydrogen) atoms. The fraction of sp³-hybridized carbons (Fsp3) is 0.129. The number of halogens is 6. The van der Waals surface area contributed by atoms with Gasteiger partial charge >= 0.3 is 0 Å². The summed E-state index contributed by atoms with van der Waals surface area (Å²) in [6.07, 6.45) is 4.93. The summed E-state index contributed by atoms with van der Waals surface area (Å²) in [5, 5.41) is 0. The summed E-state index contributed by atoms with van der Waals surface area (Å²) in [4.78, 5) is 4.11. The van der Waals surface area contributed by atoms with Crippen molar-refractivity contribution in [1.82, 2.24) is 0 Å². The first-order valence-corrected chi connectivity index (χ1v) is 37.5. The maximum absolute atomic E-state index is 17.5. The quantitative estimate of drug-likeness (QED) is 0.0900. The van der Waals surface area contributed by atoms with Gasteiger partial charge in [0.05, 0.1) is 10.8 Å². The van der Waals surface area contributed by atoms with Crippen LogP contribution in [0.2, 0.25) is 0 Å². The van der Waals surface area contributed by atoms with Gasteiger partial charge in [-0.15, -0.1) is 0 Å². The van der Waals surface area contributed by atoms with Crippen LogP contribution in [0, 0.1) is 48.8 Å². The van der Waals surface area contributed by atoms with Crippen LogP contribution in [0.4, 0.5) is 60.5 Å². The topological polar surface area (TPSA) is 24.9 Å². The third-order valence-electron chi connectivity index (χ3n) is 23.9.